The predicted octanol–water partition coefficient (Wildman–Crippen LogP) is 1.97. The number of nitrogens with zero attached hydrogens (tertiary/aromatic N) is 4. The number of morpholine rings is 1. The van der Waals surface area contributed by atoms with Gasteiger partial charge < -0.3 is 10.1 Å². The van der Waals surface area contributed by atoms with Crippen molar-refractivity contribution in [3.8, 4) is 11.3 Å². The Kier molecular flexibility index (Phi) is 6.56. The third kappa shape index (κ3) is 4.93. The van der Waals surface area contributed by atoms with Gasteiger partial charge in [0.05, 0.1) is 53.1 Å². The van der Waals surface area contributed by atoms with Gasteiger partial charge in [0.2, 0.25) is 0 Å². The van der Waals surface area contributed by atoms with Crippen LogP contribution in [0.4, 0.5) is 4.39 Å². The molecule has 0 bridgehead atoms. The Balaban J connectivity index is 1.53. The second-order valence-corrected chi connectivity index (χ2v) is 11.3. The molecule has 1 atom stereocenters. The van der Waals surface area contributed by atoms with E-state index < -0.39 is 15.7 Å². The number of hydrogen-bond donors (Lipinski definition) is 1. The summed E-state index contributed by atoms with van der Waals surface area (Å²) in [7, 11) is -3.16. The molecule has 0 radical (unpaired) electrons. The molecule has 0 spiro atoms. The standard InChI is InChI=1S/C24H28FN5O4S/c1-16-22-19(24(31)26-7-8-29-9-11-34-12-10-29)14-21(18-4-2-3-5-20(18)25)27-23(22)30(28-16)17-6-13-35(32,33)15-17/h2-5,14,17H,6-13,15H2,1H3,(H,26,31). The zero-order valence-corrected chi connectivity index (χ0v) is 20.4. The van der Waals surface area contributed by atoms with E-state index in [1.165, 1.54) is 6.07 Å². The largest absolute Gasteiger partial charge is 0.379 e. The van der Waals surface area contributed by atoms with Gasteiger partial charge >= 0.3 is 0 Å². The Labute approximate surface area is 203 Å². The van der Waals surface area contributed by atoms with Crippen molar-refractivity contribution in [1.82, 2.24) is 25.0 Å². The summed E-state index contributed by atoms with van der Waals surface area (Å²) in [5, 5.41) is 8.11. The SMILES string of the molecule is Cc1nn(C2CCS(=O)(=O)C2)c2nc(-c3ccccc3F)cc(C(=O)NCCN3CCOCC3)c12. The van der Waals surface area contributed by atoms with Crippen LogP contribution < -0.4 is 5.32 Å². The summed E-state index contributed by atoms with van der Waals surface area (Å²) < 4.78 is 45.9. The summed E-state index contributed by atoms with van der Waals surface area (Å²) in [5.74, 6) is -0.704. The van der Waals surface area contributed by atoms with E-state index in [1.54, 1.807) is 35.9 Å². The predicted molar refractivity (Wildman–Crippen MR) is 130 cm³/mol. The zero-order chi connectivity index (χ0) is 24.6. The molecule has 1 unspecified atom stereocenters. The molecule has 1 amide bonds. The zero-order valence-electron chi connectivity index (χ0n) is 19.5. The van der Waals surface area contributed by atoms with Gasteiger partial charge in [-0.25, -0.2) is 22.5 Å². The van der Waals surface area contributed by atoms with Gasteiger partial charge in [-0.3, -0.25) is 9.69 Å². The number of halogens is 1. The third-order valence-electron chi connectivity index (χ3n) is 6.60. The van der Waals surface area contributed by atoms with E-state index in [1.807, 2.05) is 0 Å². The fraction of sp³-hybridized carbons (Fsp3) is 0.458. The molecule has 3 aromatic rings. The number of nitrogens with one attached hydrogen (secondary N) is 1. The molecule has 0 saturated carbocycles. The van der Waals surface area contributed by atoms with Crippen LogP contribution in [0.5, 0.6) is 0 Å². The van der Waals surface area contributed by atoms with Crippen LogP contribution in [0.2, 0.25) is 0 Å². The lowest BCUT2D eigenvalue weighted by Crippen LogP contribution is -2.41. The van der Waals surface area contributed by atoms with E-state index in [0.29, 0.717) is 60.7 Å². The molecule has 1 aromatic carbocycles. The number of sulfone groups is 1. The Bertz CT molecular complexity index is 1370. The fourth-order valence-electron chi connectivity index (χ4n) is 4.77. The summed E-state index contributed by atoms with van der Waals surface area (Å²) >= 11 is 0. The molecule has 1 N–H and O–H groups in total. The summed E-state index contributed by atoms with van der Waals surface area (Å²) in [6.07, 6.45) is 0.422. The maximum atomic E-state index is 14.7. The van der Waals surface area contributed by atoms with Crippen molar-refractivity contribution in [1.29, 1.82) is 0 Å². The van der Waals surface area contributed by atoms with Crippen LogP contribution in [0.15, 0.2) is 30.3 Å². The van der Waals surface area contributed by atoms with E-state index in [9.17, 15) is 17.6 Å². The van der Waals surface area contributed by atoms with Gasteiger partial charge in [0, 0.05) is 31.7 Å². The minimum atomic E-state index is -3.16. The van der Waals surface area contributed by atoms with E-state index >= 15 is 0 Å². The van der Waals surface area contributed by atoms with Crippen molar-refractivity contribution in [2.45, 2.75) is 19.4 Å². The molecule has 5 rings (SSSR count). The summed E-state index contributed by atoms with van der Waals surface area (Å²) in [6.45, 7) is 5.93. The van der Waals surface area contributed by atoms with Gasteiger partial charge in [0.1, 0.15) is 5.82 Å². The average Bonchev–Trinajstić information content (AvgIpc) is 3.38. The maximum Gasteiger partial charge on any atom is 0.252 e. The highest BCUT2D eigenvalue weighted by atomic mass is 32.2. The van der Waals surface area contributed by atoms with Gasteiger partial charge in [-0.15, -0.1) is 0 Å². The summed E-state index contributed by atoms with van der Waals surface area (Å²) in [6, 6.07) is 7.46. The van der Waals surface area contributed by atoms with Crippen molar-refractivity contribution in [2.75, 3.05) is 50.9 Å². The normalized spacial score (nSPS) is 20.3. The van der Waals surface area contributed by atoms with Gasteiger partial charge in [-0.05, 0) is 31.5 Å². The number of carbonyl (C=O) groups excluding carboxylic acids is 1. The van der Waals surface area contributed by atoms with Gasteiger partial charge in [-0.2, -0.15) is 5.10 Å². The molecule has 2 aliphatic heterocycles. The highest BCUT2D eigenvalue weighted by molar-refractivity contribution is 7.91. The second-order valence-electron chi connectivity index (χ2n) is 9.03. The van der Waals surface area contributed by atoms with Crippen LogP contribution in [0.25, 0.3) is 22.3 Å². The van der Waals surface area contributed by atoms with Crippen LogP contribution >= 0.6 is 0 Å². The van der Waals surface area contributed by atoms with Gasteiger partial charge in [0.25, 0.3) is 5.91 Å². The Morgan fingerprint density at radius 2 is 2.03 bits per heavy atom. The van der Waals surface area contributed by atoms with Crippen molar-refractivity contribution < 1.29 is 22.3 Å². The van der Waals surface area contributed by atoms with Crippen LogP contribution in [-0.4, -0.2) is 84.9 Å². The average molecular weight is 502 g/mol. The van der Waals surface area contributed by atoms with Gasteiger partial charge in [-0.1, -0.05) is 12.1 Å². The topological polar surface area (TPSA) is 106 Å². The fourth-order valence-corrected chi connectivity index (χ4v) is 6.46. The van der Waals surface area contributed by atoms with Crippen LogP contribution in [0.3, 0.4) is 0 Å². The molecule has 35 heavy (non-hydrogen) atoms. The Morgan fingerprint density at radius 3 is 2.74 bits per heavy atom. The Morgan fingerprint density at radius 1 is 1.26 bits per heavy atom. The lowest BCUT2D eigenvalue weighted by atomic mass is 10.0. The third-order valence-corrected chi connectivity index (χ3v) is 8.35. The number of benzene rings is 1. The van der Waals surface area contributed by atoms with Crippen molar-refractivity contribution in [3.63, 3.8) is 0 Å². The maximum absolute atomic E-state index is 14.7. The quantitative estimate of drug-likeness (QED) is 0.550. The molecule has 9 nitrogen and oxygen atoms in total. The number of amides is 1. The number of carbonyl (C=O) groups is 1. The molecule has 2 saturated heterocycles. The number of ether oxygens (including phenoxy) is 1. The molecule has 2 aromatic heterocycles. The molecule has 0 aliphatic carbocycles. The molecular formula is C24H28FN5O4S. The van der Waals surface area contributed by atoms with Crippen molar-refractivity contribution >= 4 is 26.8 Å². The first kappa shape index (κ1) is 23.8. The van der Waals surface area contributed by atoms with Crippen molar-refractivity contribution in [3.05, 3.63) is 47.4 Å². The lowest BCUT2D eigenvalue weighted by molar-refractivity contribution is 0.0383. The number of aromatic nitrogens is 3. The minimum Gasteiger partial charge on any atom is -0.379 e. The first-order valence-electron chi connectivity index (χ1n) is 11.8. The second kappa shape index (κ2) is 9.63. The smallest absolute Gasteiger partial charge is 0.252 e. The number of aryl methyl sites for hydroxylation is 1. The van der Waals surface area contributed by atoms with Gasteiger partial charge in [0.15, 0.2) is 15.5 Å². The monoisotopic (exact) mass is 501 g/mol. The number of pyridine rings is 1. The molecule has 186 valence electrons. The Hall–Kier alpha value is -2.89. The molecule has 4 heterocycles. The van der Waals surface area contributed by atoms with Crippen molar-refractivity contribution in [2.24, 2.45) is 0 Å². The van der Waals surface area contributed by atoms with Crippen LogP contribution in [0.1, 0.15) is 28.5 Å². The van der Waals surface area contributed by atoms with E-state index in [0.717, 1.165) is 13.1 Å². The molecule has 2 aliphatic rings. The minimum absolute atomic E-state index is 0.0318. The molecule has 11 heteroatoms. The first-order chi connectivity index (χ1) is 16.8. The first-order valence-corrected chi connectivity index (χ1v) is 13.6. The summed E-state index contributed by atoms with van der Waals surface area (Å²) in [5.41, 5.74) is 1.89. The number of hydrogen-bond acceptors (Lipinski definition) is 7. The highest BCUT2D eigenvalue weighted by Crippen LogP contribution is 2.32. The van der Waals surface area contributed by atoms with E-state index in [4.69, 9.17) is 4.74 Å². The number of rotatable bonds is 6. The van der Waals surface area contributed by atoms with Crippen LogP contribution in [0, 0.1) is 12.7 Å². The van der Waals surface area contributed by atoms with Crippen LogP contribution in [-0.2, 0) is 14.6 Å². The molecular weight excluding hydrogens is 473 g/mol. The summed E-state index contributed by atoms with van der Waals surface area (Å²) in [4.78, 5) is 20.2. The highest BCUT2D eigenvalue weighted by Gasteiger charge is 2.32. The van der Waals surface area contributed by atoms with E-state index in [-0.39, 0.29) is 29.0 Å². The lowest BCUT2D eigenvalue weighted by Gasteiger charge is -2.26. The number of fused-ring (bicyclic) bond motifs is 1. The molecule has 2 fully saturated rings. The van der Waals surface area contributed by atoms with E-state index in [2.05, 4.69) is 20.3 Å².